The molecule has 106 valence electrons. The minimum absolute atomic E-state index is 0.539. The molecule has 19 heavy (non-hydrogen) atoms. The lowest BCUT2D eigenvalue weighted by Gasteiger charge is -2.29. The summed E-state index contributed by atoms with van der Waals surface area (Å²) >= 11 is 0. The van der Waals surface area contributed by atoms with E-state index < -0.39 is 0 Å². The van der Waals surface area contributed by atoms with Gasteiger partial charge in [0.05, 0.1) is 0 Å². The molecule has 1 nitrogen and oxygen atoms in total. The number of benzene rings is 1. The van der Waals surface area contributed by atoms with Crippen LogP contribution >= 0.6 is 0 Å². The van der Waals surface area contributed by atoms with Crippen LogP contribution in [0, 0.1) is 5.92 Å². The van der Waals surface area contributed by atoms with Crippen molar-refractivity contribution in [3.8, 4) is 0 Å². The van der Waals surface area contributed by atoms with Crippen molar-refractivity contribution in [3.63, 3.8) is 0 Å². The van der Waals surface area contributed by atoms with Crippen molar-refractivity contribution in [1.29, 1.82) is 0 Å². The van der Waals surface area contributed by atoms with E-state index in [2.05, 4.69) is 49.5 Å². The Morgan fingerprint density at radius 2 is 1.84 bits per heavy atom. The summed E-state index contributed by atoms with van der Waals surface area (Å²) in [6.07, 6.45) is 9.48. The predicted molar refractivity (Wildman–Crippen MR) is 83.3 cm³/mol. The van der Waals surface area contributed by atoms with Crippen LogP contribution in [0.4, 0.5) is 0 Å². The first kappa shape index (κ1) is 14.6. The summed E-state index contributed by atoms with van der Waals surface area (Å²) in [4.78, 5) is 0. The average molecular weight is 259 g/mol. The van der Waals surface area contributed by atoms with E-state index in [1.165, 1.54) is 50.5 Å². The summed E-state index contributed by atoms with van der Waals surface area (Å²) in [5.41, 5.74) is 1.46. The Balaban J connectivity index is 2.03. The summed E-state index contributed by atoms with van der Waals surface area (Å²) < 4.78 is 0. The summed E-state index contributed by atoms with van der Waals surface area (Å²) in [5, 5.41) is 3.96. The van der Waals surface area contributed by atoms with Crippen LogP contribution in [0.5, 0.6) is 0 Å². The predicted octanol–water partition coefficient (Wildman–Crippen LogP) is 5.09. The molecule has 0 saturated heterocycles. The highest BCUT2D eigenvalue weighted by Gasteiger charge is 2.22. The number of nitrogens with one attached hydrogen (secondary N) is 1. The minimum atomic E-state index is 0.539. The summed E-state index contributed by atoms with van der Waals surface area (Å²) in [6.45, 7) is 4.71. The van der Waals surface area contributed by atoms with Gasteiger partial charge in [-0.15, -0.1) is 0 Å². The van der Waals surface area contributed by atoms with E-state index in [4.69, 9.17) is 0 Å². The molecule has 3 unspecified atom stereocenters. The summed E-state index contributed by atoms with van der Waals surface area (Å²) in [7, 11) is 0. The van der Waals surface area contributed by atoms with Crippen LogP contribution in [0.15, 0.2) is 30.3 Å². The van der Waals surface area contributed by atoms with Crippen molar-refractivity contribution in [3.05, 3.63) is 35.9 Å². The lowest BCUT2D eigenvalue weighted by Crippen LogP contribution is -2.37. The maximum Gasteiger partial charge on any atom is 0.0322 e. The number of rotatable bonds is 5. The smallest absolute Gasteiger partial charge is 0.0322 e. The van der Waals surface area contributed by atoms with Gasteiger partial charge in [-0.3, -0.25) is 0 Å². The fourth-order valence-electron chi connectivity index (χ4n) is 3.32. The fraction of sp³-hybridized carbons (Fsp3) is 0.667. The molecule has 0 radical (unpaired) electrons. The molecular formula is C18H29N. The zero-order chi connectivity index (χ0) is 13.5. The highest BCUT2D eigenvalue weighted by atomic mass is 15.0. The Bertz CT molecular complexity index is 346. The molecule has 1 saturated carbocycles. The van der Waals surface area contributed by atoms with Crippen LogP contribution in [0.2, 0.25) is 0 Å². The van der Waals surface area contributed by atoms with Gasteiger partial charge in [-0.25, -0.2) is 0 Å². The Kier molecular flexibility index (Phi) is 5.91. The van der Waals surface area contributed by atoms with E-state index in [1.807, 2.05) is 0 Å². The molecule has 0 spiro atoms. The third-order valence-electron chi connectivity index (χ3n) is 4.56. The first-order chi connectivity index (χ1) is 9.31. The second-order valence-corrected chi connectivity index (χ2v) is 6.14. The molecule has 1 aliphatic carbocycles. The first-order valence-electron chi connectivity index (χ1n) is 8.12. The van der Waals surface area contributed by atoms with E-state index in [0.717, 1.165) is 5.92 Å². The van der Waals surface area contributed by atoms with Crippen molar-refractivity contribution < 1.29 is 0 Å². The van der Waals surface area contributed by atoms with E-state index in [-0.39, 0.29) is 0 Å². The average Bonchev–Trinajstić information content (AvgIpc) is 2.64. The maximum atomic E-state index is 3.96. The zero-order valence-electron chi connectivity index (χ0n) is 12.6. The van der Waals surface area contributed by atoms with Crippen LogP contribution in [-0.4, -0.2) is 6.04 Å². The third-order valence-corrected chi connectivity index (χ3v) is 4.56. The lowest BCUT2D eigenvalue weighted by molar-refractivity contribution is 0.313. The second kappa shape index (κ2) is 7.69. The van der Waals surface area contributed by atoms with Crippen LogP contribution in [0.1, 0.15) is 70.4 Å². The quantitative estimate of drug-likeness (QED) is 0.727. The van der Waals surface area contributed by atoms with Crippen molar-refractivity contribution >= 4 is 0 Å². The van der Waals surface area contributed by atoms with Gasteiger partial charge in [-0.05, 0) is 30.7 Å². The van der Waals surface area contributed by atoms with Gasteiger partial charge >= 0.3 is 0 Å². The first-order valence-corrected chi connectivity index (χ1v) is 8.12. The van der Waals surface area contributed by atoms with Gasteiger partial charge in [-0.1, -0.05) is 69.9 Å². The van der Waals surface area contributed by atoms with Crippen LogP contribution in [0.3, 0.4) is 0 Å². The van der Waals surface area contributed by atoms with Crippen molar-refractivity contribution in [1.82, 2.24) is 5.32 Å². The Morgan fingerprint density at radius 3 is 2.58 bits per heavy atom. The van der Waals surface area contributed by atoms with Gasteiger partial charge in [0.2, 0.25) is 0 Å². The standard InChI is InChI=1S/C18H29N/c1-3-10-18(16-12-7-5-8-13-16)19-17-14-9-4-6-11-15(17)2/h5,7-8,12-13,15,17-19H,3-4,6,9-11,14H2,1-2H3. The third kappa shape index (κ3) is 4.35. The van der Waals surface area contributed by atoms with Gasteiger partial charge in [0, 0.05) is 12.1 Å². The molecule has 3 atom stereocenters. The molecule has 1 fully saturated rings. The monoisotopic (exact) mass is 259 g/mol. The zero-order valence-corrected chi connectivity index (χ0v) is 12.6. The molecule has 0 amide bonds. The molecule has 1 aromatic rings. The molecule has 0 heterocycles. The molecule has 0 aliphatic heterocycles. The van der Waals surface area contributed by atoms with Gasteiger partial charge in [-0.2, -0.15) is 0 Å². The second-order valence-electron chi connectivity index (χ2n) is 6.14. The summed E-state index contributed by atoms with van der Waals surface area (Å²) in [6, 6.07) is 12.2. The number of hydrogen-bond acceptors (Lipinski definition) is 1. The summed E-state index contributed by atoms with van der Waals surface area (Å²) in [5.74, 6) is 0.825. The molecule has 0 bridgehead atoms. The van der Waals surface area contributed by atoms with Crippen molar-refractivity contribution in [2.75, 3.05) is 0 Å². The largest absolute Gasteiger partial charge is 0.307 e. The van der Waals surface area contributed by atoms with Crippen molar-refractivity contribution in [2.24, 2.45) is 5.92 Å². The molecule has 0 aromatic heterocycles. The van der Waals surface area contributed by atoms with Crippen LogP contribution < -0.4 is 5.32 Å². The fourth-order valence-corrected chi connectivity index (χ4v) is 3.32. The molecular weight excluding hydrogens is 230 g/mol. The molecule has 1 aliphatic rings. The van der Waals surface area contributed by atoms with Gasteiger partial charge in [0.25, 0.3) is 0 Å². The highest BCUT2D eigenvalue weighted by molar-refractivity contribution is 5.19. The molecule has 1 heteroatoms. The van der Waals surface area contributed by atoms with Crippen LogP contribution in [0.25, 0.3) is 0 Å². The van der Waals surface area contributed by atoms with Crippen LogP contribution in [-0.2, 0) is 0 Å². The Morgan fingerprint density at radius 1 is 1.11 bits per heavy atom. The maximum absolute atomic E-state index is 3.96. The topological polar surface area (TPSA) is 12.0 Å². The number of hydrogen-bond donors (Lipinski definition) is 1. The molecule has 1 aromatic carbocycles. The van der Waals surface area contributed by atoms with E-state index >= 15 is 0 Å². The minimum Gasteiger partial charge on any atom is -0.307 e. The Labute approximate surface area is 118 Å². The highest BCUT2D eigenvalue weighted by Crippen LogP contribution is 2.27. The van der Waals surface area contributed by atoms with E-state index in [0.29, 0.717) is 12.1 Å². The van der Waals surface area contributed by atoms with E-state index in [9.17, 15) is 0 Å². The Hall–Kier alpha value is -0.820. The normalized spacial score (nSPS) is 25.8. The van der Waals surface area contributed by atoms with Gasteiger partial charge in [0.15, 0.2) is 0 Å². The van der Waals surface area contributed by atoms with Gasteiger partial charge < -0.3 is 5.32 Å². The molecule has 2 rings (SSSR count). The lowest BCUT2D eigenvalue weighted by atomic mass is 9.93. The van der Waals surface area contributed by atoms with Gasteiger partial charge in [0.1, 0.15) is 0 Å². The SMILES string of the molecule is CCCC(NC1CCCCCC1C)c1ccccc1. The molecule has 1 N–H and O–H groups in total. The van der Waals surface area contributed by atoms with E-state index in [1.54, 1.807) is 0 Å². The van der Waals surface area contributed by atoms with Crippen molar-refractivity contribution in [2.45, 2.75) is 70.9 Å².